The van der Waals surface area contributed by atoms with Crippen LogP contribution in [0.4, 0.5) is 0 Å². The fraction of sp³-hybridized carbons (Fsp3) is 0.348. The summed E-state index contributed by atoms with van der Waals surface area (Å²) in [6, 6.07) is 14.3. The van der Waals surface area contributed by atoms with Crippen LogP contribution in [0.15, 0.2) is 53.1 Å². The number of benzene rings is 2. The lowest BCUT2D eigenvalue weighted by atomic mass is 9.99. The van der Waals surface area contributed by atoms with Crippen molar-refractivity contribution >= 4 is 17.5 Å². The van der Waals surface area contributed by atoms with Crippen molar-refractivity contribution in [2.45, 2.75) is 26.4 Å². The van der Waals surface area contributed by atoms with Crippen LogP contribution in [-0.2, 0) is 11.4 Å². The molecule has 0 spiro atoms. The van der Waals surface area contributed by atoms with E-state index in [1.54, 1.807) is 30.3 Å². The van der Waals surface area contributed by atoms with Crippen LogP contribution in [0.5, 0.6) is 11.5 Å². The number of amides is 1. The molecule has 0 atom stereocenters. The third-order valence-corrected chi connectivity index (χ3v) is 5.51. The average molecular weight is 442 g/mol. The smallest absolute Gasteiger partial charge is 0.264 e. The molecule has 0 saturated carbocycles. The first-order valence-corrected chi connectivity index (χ1v) is 10.7. The summed E-state index contributed by atoms with van der Waals surface area (Å²) < 4.78 is 16.8. The van der Waals surface area contributed by atoms with Crippen LogP contribution >= 0.6 is 11.6 Å². The van der Waals surface area contributed by atoms with Gasteiger partial charge < -0.3 is 18.9 Å². The predicted molar refractivity (Wildman–Crippen MR) is 116 cm³/mol. The number of halogens is 1. The summed E-state index contributed by atoms with van der Waals surface area (Å²) in [5, 5.41) is 4.67. The molecular formula is C23H24ClN3O4. The van der Waals surface area contributed by atoms with Crippen molar-refractivity contribution in [3.05, 3.63) is 59.4 Å². The number of rotatable bonds is 7. The highest BCUT2D eigenvalue weighted by Gasteiger charge is 2.21. The molecule has 2 aromatic carbocycles. The highest BCUT2D eigenvalue weighted by atomic mass is 35.5. The van der Waals surface area contributed by atoms with Crippen molar-refractivity contribution in [2.75, 3.05) is 19.7 Å². The fourth-order valence-corrected chi connectivity index (χ4v) is 3.49. The Morgan fingerprint density at radius 2 is 1.87 bits per heavy atom. The Labute approximate surface area is 185 Å². The Morgan fingerprint density at radius 1 is 1.13 bits per heavy atom. The number of para-hydroxylation sites is 1. The van der Waals surface area contributed by atoms with Crippen LogP contribution in [0.1, 0.15) is 25.7 Å². The Bertz CT molecular complexity index is 1010. The molecule has 0 aliphatic carbocycles. The van der Waals surface area contributed by atoms with E-state index in [1.165, 1.54) is 0 Å². The Balaban J connectivity index is 1.38. The van der Waals surface area contributed by atoms with E-state index in [0.717, 1.165) is 25.9 Å². The molecule has 3 aromatic rings. The number of carbonyl (C=O) groups is 1. The van der Waals surface area contributed by atoms with Gasteiger partial charge in [-0.1, -0.05) is 35.8 Å². The fourth-order valence-electron chi connectivity index (χ4n) is 3.36. The summed E-state index contributed by atoms with van der Waals surface area (Å²) in [6.45, 7) is 3.90. The van der Waals surface area contributed by atoms with E-state index in [1.807, 2.05) is 23.1 Å². The van der Waals surface area contributed by atoms with Crippen molar-refractivity contribution < 1.29 is 18.8 Å². The topological polar surface area (TPSA) is 77.7 Å². The lowest BCUT2D eigenvalue weighted by Crippen LogP contribution is -2.40. The highest BCUT2D eigenvalue weighted by Crippen LogP contribution is 2.28. The standard InChI is InChI=1S/C23H24ClN3O4/c1-16-10-12-27(13-11-16)22(28)15-30-20-5-3-2-4-19(20)23-25-21(31-26-23)14-29-18-8-6-17(24)7-9-18/h2-9,16H,10-15H2,1H3. The van der Waals surface area contributed by atoms with E-state index in [0.29, 0.717) is 39.7 Å². The van der Waals surface area contributed by atoms with Gasteiger partial charge in [-0.05, 0) is 55.2 Å². The van der Waals surface area contributed by atoms with Crippen LogP contribution in [0.3, 0.4) is 0 Å². The van der Waals surface area contributed by atoms with Gasteiger partial charge in [0.15, 0.2) is 13.2 Å². The average Bonchev–Trinajstić information content (AvgIpc) is 3.27. The summed E-state index contributed by atoms with van der Waals surface area (Å²) in [4.78, 5) is 18.8. The second kappa shape index (κ2) is 9.83. The van der Waals surface area contributed by atoms with E-state index in [2.05, 4.69) is 17.1 Å². The first-order valence-electron chi connectivity index (χ1n) is 10.3. The first-order chi connectivity index (χ1) is 15.1. The van der Waals surface area contributed by atoms with Gasteiger partial charge in [0.05, 0.1) is 5.56 Å². The molecular weight excluding hydrogens is 418 g/mol. The van der Waals surface area contributed by atoms with Gasteiger partial charge in [-0.25, -0.2) is 0 Å². The zero-order chi connectivity index (χ0) is 21.6. The number of piperidine rings is 1. The Hall–Kier alpha value is -3.06. The molecule has 0 radical (unpaired) electrons. The maximum Gasteiger partial charge on any atom is 0.264 e. The van der Waals surface area contributed by atoms with Crippen LogP contribution < -0.4 is 9.47 Å². The monoisotopic (exact) mass is 441 g/mol. The van der Waals surface area contributed by atoms with Crippen LogP contribution in [-0.4, -0.2) is 40.6 Å². The molecule has 1 fully saturated rings. The largest absolute Gasteiger partial charge is 0.484 e. The van der Waals surface area contributed by atoms with Gasteiger partial charge in [0.1, 0.15) is 11.5 Å². The van der Waals surface area contributed by atoms with E-state index in [4.69, 9.17) is 25.6 Å². The molecule has 1 aromatic heterocycles. The number of ether oxygens (including phenoxy) is 2. The zero-order valence-electron chi connectivity index (χ0n) is 17.3. The molecule has 31 heavy (non-hydrogen) atoms. The van der Waals surface area contributed by atoms with Crippen molar-refractivity contribution in [2.24, 2.45) is 5.92 Å². The first kappa shape index (κ1) is 21.2. The third kappa shape index (κ3) is 5.55. The molecule has 1 saturated heterocycles. The molecule has 4 rings (SSSR count). The Morgan fingerprint density at radius 3 is 2.65 bits per heavy atom. The Kier molecular flexibility index (Phi) is 6.72. The third-order valence-electron chi connectivity index (χ3n) is 5.26. The van der Waals surface area contributed by atoms with Gasteiger partial charge in [-0.3, -0.25) is 4.79 Å². The molecule has 1 amide bonds. The van der Waals surface area contributed by atoms with E-state index in [-0.39, 0.29) is 19.1 Å². The molecule has 162 valence electrons. The summed E-state index contributed by atoms with van der Waals surface area (Å²) in [7, 11) is 0. The molecule has 0 bridgehead atoms. The normalized spacial score (nSPS) is 14.5. The van der Waals surface area contributed by atoms with Gasteiger partial charge in [0, 0.05) is 18.1 Å². The molecule has 2 heterocycles. The second-order valence-corrected chi connectivity index (χ2v) is 8.04. The maximum atomic E-state index is 12.5. The van der Waals surface area contributed by atoms with Crippen molar-refractivity contribution in [1.82, 2.24) is 15.0 Å². The lowest BCUT2D eigenvalue weighted by molar-refractivity contribution is -0.134. The highest BCUT2D eigenvalue weighted by molar-refractivity contribution is 6.30. The molecule has 0 unspecified atom stereocenters. The van der Waals surface area contributed by atoms with E-state index in [9.17, 15) is 4.79 Å². The number of nitrogens with zero attached hydrogens (tertiary/aromatic N) is 3. The van der Waals surface area contributed by atoms with E-state index < -0.39 is 0 Å². The van der Waals surface area contributed by atoms with Gasteiger partial charge in [-0.15, -0.1) is 0 Å². The molecule has 1 aliphatic heterocycles. The minimum atomic E-state index is -0.0181. The summed E-state index contributed by atoms with van der Waals surface area (Å²) in [6.07, 6.45) is 2.07. The number of aromatic nitrogens is 2. The van der Waals surface area contributed by atoms with Crippen LogP contribution in [0.25, 0.3) is 11.4 Å². The number of likely N-dealkylation sites (tertiary alicyclic amines) is 1. The minimum absolute atomic E-state index is 0.00753. The number of hydrogen-bond donors (Lipinski definition) is 0. The van der Waals surface area contributed by atoms with Gasteiger partial charge in [-0.2, -0.15) is 4.98 Å². The summed E-state index contributed by atoms with van der Waals surface area (Å²) in [5.41, 5.74) is 0.657. The van der Waals surface area contributed by atoms with Crippen molar-refractivity contribution in [3.8, 4) is 22.9 Å². The maximum absolute atomic E-state index is 12.5. The zero-order valence-corrected chi connectivity index (χ0v) is 18.0. The second-order valence-electron chi connectivity index (χ2n) is 7.60. The van der Waals surface area contributed by atoms with Gasteiger partial charge in [0.2, 0.25) is 5.82 Å². The summed E-state index contributed by atoms with van der Waals surface area (Å²) >= 11 is 5.88. The minimum Gasteiger partial charge on any atom is -0.484 e. The lowest BCUT2D eigenvalue weighted by Gasteiger charge is -2.30. The predicted octanol–water partition coefficient (Wildman–Crippen LogP) is 4.61. The van der Waals surface area contributed by atoms with E-state index >= 15 is 0 Å². The van der Waals surface area contributed by atoms with Gasteiger partial charge >= 0.3 is 0 Å². The van der Waals surface area contributed by atoms with Crippen molar-refractivity contribution in [1.29, 1.82) is 0 Å². The van der Waals surface area contributed by atoms with Crippen molar-refractivity contribution in [3.63, 3.8) is 0 Å². The molecule has 1 aliphatic rings. The van der Waals surface area contributed by atoms with Gasteiger partial charge in [0.25, 0.3) is 11.8 Å². The van der Waals surface area contributed by atoms with Crippen LogP contribution in [0.2, 0.25) is 5.02 Å². The SMILES string of the molecule is CC1CCN(C(=O)COc2ccccc2-c2noc(COc3ccc(Cl)cc3)n2)CC1. The summed E-state index contributed by atoms with van der Waals surface area (Å²) in [5.74, 6) is 2.56. The molecule has 7 nitrogen and oxygen atoms in total. The van der Waals surface area contributed by atoms with Crippen LogP contribution in [0, 0.1) is 5.92 Å². The number of hydrogen-bond acceptors (Lipinski definition) is 6. The molecule has 8 heteroatoms. The molecule has 0 N–H and O–H groups in total. The number of carbonyl (C=O) groups excluding carboxylic acids is 1. The quantitative estimate of drug-likeness (QED) is 0.533.